The second-order valence-corrected chi connectivity index (χ2v) is 9.38. The Kier molecular flexibility index (Phi) is 6.37. The maximum absolute atomic E-state index is 13.5. The van der Waals surface area contributed by atoms with Crippen LogP contribution in [0.3, 0.4) is 0 Å². The van der Waals surface area contributed by atoms with Gasteiger partial charge in [-0.2, -0.15) is 0 Å². The number of nitrogens with one attached hydrogen (secondary N) is 1. The van der Waals surface area contributed by atoms with Crippen molar-refractivity contribution in [2.45, 2.75) is 51.2 Å². The second kappa shape index (κ2) is 9.01. The van der Waals surface area contributed by atoms with Gasteiger partial charge in [-0.15, -0.1) is 0 Å². The van der Waals surface area contributed by atoms with Crippen molar-refractivity contribution < 1.29 is 39.5 Å². The van der Waals surface area contributed by atoms with Crippen molar-refractivity contribution in [1.82, 2.24) is 5.32 Å². The lowest BCUT2D eigenvalue weighted by Crippen LogP contribution is -2.57. The summed E-state index contributed by atoms with van der Waals surface area (Å²) < 4.78 is 5.63. The van der Waals surface area contributed by atoms with Crippen molar-refractivity contribution in [1.29, 1.82) is 0 Å². The number of Topliss-reactive ketones (excluding diaryl/α,β-unsaturated/α-hetero) is 2. The van der Waals surface area contributed by atoms with Gasteiger partial charge in [0, 0.05) is 35.6 Å². The first-order chi connectivity index (χ1) is 16.6. The predicted molar refractivity (Wildman–Crippen MR) is 124 cm³/mol. The summed E-state index contributed by atoms with van der Waals surface area (Å²) in [5.41, 5.74) is 2.76. The molecular weight excluding hydrogens is 456 g/mol. The largest absolute Gasteiger partial charge is 0.511 e. The average molecular weight is 487 g/mol. The second-order valence-electron chi connectivity index (χ2n) is 9.38. The maximum Gasteiger partial charge on any atom is 0.255 e. The van der Waals surface area contributed by atoms with E-state index in [1.165, 1.54) is 13.2 Å². The van der Waals surface area contributed by atoms with Gasteiger partial charge in [-0.05, 0) is 37.8 Å². The summed E-state index contributed by atoms with van der Waals surface area (Å²) in [6, 6.07) is 1.44. The number of carbonyl (C=O) groups excluding carboxylic acids is 3. The first-order valence-corrected chi connectivity index (χ1v) is 11.7. The summed E-state index contributed by atoms with van der Waals surface area (Å²) in [4.78, 5) is 38.2. The van der Waals surface area contributed by atoms with Crippen molar-refractivity contribution >= 4 is 17.5 Å². The molecule has 1 aromatic rings. The number of allylic oxidation sites excluding steroid dienone is 2. The molecule has 1 amide bonds. The monoisotopic (exact) mass is 486 g/mol. The van der Waals surface area contributed by atoms with E-state index in [0.29, 0.717) is 23.4 Å². The molecule has 0 heterocycles. The molecule has 0 saturated heterocycles. The Labute approximate surface area is 202 Å². The first-order valence-electron chi connectivity index (χ1n) is 11.7. The number of phenols is 1. The van der Waals surface area contributed by atoms with Gasteiger partial charge >= 0.3 is 0 Å². The Balaban J connectivity index is 1.80. The number of hydrogen-bond donors (Lipinski definition) is 6. The fourth-order valence-electron chi connectivity index (χ4n) is 5.64. The number of benzene rings is 1. The Morgan fingerprint density at radius 2 is 1.97 bits per heavy atom. The lowest BCUT2D eigenvalue weighted by Gasteiger charge is -2.45. The summed E-state index contributed by atoms with van der Waals surface area (Å²) in [5, 5.41) is 46.6. The van der Waals surface area contributed by atoms with E-state index in [9.17, 15) is 34.8 Å². The molecule has 188 valence electrons. The number of fused-ring (bicyclic) bond motifs is 3. The van der Waals surface area contributed by atoms with Gasteiger partial charge in [-0.3, -0.25) is 14.4 Å². The number of hydrogen-bond acceptors (Lipinski definition) is 9. The summed E-state index contributed by atoms with van der Waals surface area (Å²) in [6.45, 7) is 3.27. The van der Waals surface area contributed by atoms with Crippen LogP contribution in [0.15, 0.2) is 28.7 Å². The Hall–Kier alpha value is -3.37. The fraction of sp³-hybridized carbons (Fsp3) is 0.480. The van der Waals surface area contributed by atoms with E-state index < -0.39 is 52.0 Å². The summed E-state index contributed by atoms with van der Waals surface area (Å²) in [7, 11) is 1.48. The molecule has 0 fully saturated rings. The van der Waals surface area contributed by atoms with E-state index in [-0.39, 0.29) is 36.1 Å². The van der Waals surface area contributed by atoms with Crippen LogP contribution in [-0.4, -0.2) is 57.2 Å². The molecule has 1 aromatic carbocycles. The zero-order chi connectivity index (χ0) is 25.7. The highest BCUT2D eigenvalue weighted by molar-refractivity contribution is 6.24. The normalized spacial score (nSPS) is 25.8. The number of aliphatic hydroxyl groups excluding tert-OH is 2. The molecule has 3 aliphatic rings. The molecule has 0 saturated carbocycles. The number of rotatable bonds is 7. The molecule has 0 radical (unpaired) electrons. The van der Waals surface area contributed by atoms with Crippen LogP contribution < -0.4 is 15.8 Å². The Bertz CT molecular complexity index is 1180. The van der Waals surface area contributed by atoms with Crippen LogP contribution in [-0.2, 0) is 22.6 Å². The number of ketones is 2. The van der Waals surface area contributed by atoms with Crippen LogP contribution in [0.5, 0.6) is 11.5 Å². The highest BCUT2D eigenvalue weighted by Crippen LogP contribution is 2.52. The van der Waals surface area contributed by atoms with Crippen LogP contribution in [0.1, 0.15) is 54.1 Å². The minimum absolute atomic E-state index is 0.0595. The van der Waals surface area contributed by atoms with E-state index in [0.717, 1.165) is 19.4 Å². The molecule has 4 rings (SSSR count). The van der Waals surface area contributed by atoms with Crippen LogP contribution in [0.25, 0.3) is 0 Å². The minimum atomic E-state index is -2.57. The van der Waals surface area contributed by atoms with Crippen LogP contribution in [0.2, 0.25) is 0 Å². The lowest BCUT2D eigenvalue weighted by molar-refractivity contribution is -0.144. The molecule has 0 aliphatic heterocycles. The van der Waals surface area contributed by atoms with Gasteiger partial charge in [0.05, 0.1) is 12.7 Å². The van der Waals surface area contributed by atoms with E-state index >= 15 is 0 Å². The zero-order valence-corrected chi connectivity index (χ0v) is 19.7. The van der Waals surface area contributed by atoms with Crippen LogP contribution >= 0.6 is 0 Å². The number of primary amides is 1. The molecule has 0 bridgehead atoms. The van der Waals surface area contributed by atoms with Gasteiger partial charge in [0.15, 0.2) is 11.4 Å². The zero-order valence-electron chi connectivity index (χ0n) is 19.7. The number of aromatic hydroxyl groups is 1. The number of nitrogens with two attached hydrogens (primary N) is 1. The summed E-state index contributed by atoms with van der Waals surface area (Å²) in [5.74, 6) is -6.04. The third-order valence-corrected chi connectivity index (χ3v) is 7.32. The number of unbranched alkanes of at least 4 members (excludes halogenated alkanes) is 1. The Morgan fingerprint density at radius 3 is 2.60 bits per heavy atom. The summed E-state index contributed by atoms with van der Waals surface area (Å²) in [6.07, 6.45) is 2.02. The van der Waals surface area contributed by atoms with Crippen LogP contribution in [0.4, 0.5) is 0 Å². The SMILES string of the molecule is CCCCNCc1cc(O)c2c(c1OC)CC1C[C@H]3CC(O)=C(C(N)=O)C(=O)[C@@]3(O)C(O)=C1C2=O. The summed E-state index contributed by atoms with van der Waals surface area (Å²) >= 11 is 0. The molecule has 3 atom stereocenters. The van der Waals surface area contributed by atoms with Crippen molar-refractivity contribution in [3.63, 3.8) is 0 Å². The number of ether oxygens (including phenoxy) is 1. The minimum Gasteiger partial charge on any atom is -0.511 e. The van der Waals surface area contributed by atoms with Crippen molar-refractivity contribution in [3.05, 3.63) is 45.4 Å². The molecule has 7 N–H and O–H groups in total. The first kappa shape index (κ1) is 24.7. The number of methoxy groups -OCH3 is 1. The van der Waals surface area contributed by atoms with E-state index in [4.69, 9.17) is 10.5 Å². The van der Waals surface area contributed by atoms with Gasteiger partial charge in [0.25, 0.3) is 5.91 Å². The maximum atomic E-state index is 13.5. The molecule has 1 unspecified atom stereocenters. The highest BCUT2D eigenvalue weighted by atomic mass is 16.5. The van der Waals surface area contributed by atoms with Gasteiger partial charge in [0.1, 0.15) is 28.6 Å². The number of phenolic OH excluding ortho intramolecular Hbond substituents is 1. The van der Waals surface area contributed by atoms with Gasteiger partial charge in [-0.25, -0.2) is 0 Å². The number of carbonyl (C=O) groups is 3. The molecule has 10 heteroatoms. The third-order valence-electron chi connectivity index (χ3n) is 7.32. The topological polar surface area (TPSA) is 179 Å². The Morgan fingerprint density at radius 1 is 1.26 bits per heavy atom. The predicted octanol–water partition coefficient (Wildman–Crippen LogP) is 1.48. The molecule has 0 aromatic heterocycles. The highest BCUT2D eigenvalue weighted by Gasteiger charge is 2.59. The lowest BCUT2D eigenvalue weighted by atomic mass is 9.60. The molecule has 0 spiro atoms. The molecule has 10 nitrogen and oxygen atoms in total. The number of aliphatic hydroxyl groups is 3. The van der Waals surface area contributed by atoms with Crippen LogP contribution in [0, 0.1) is 11.8 Å². The smallest absolute Gasteiger partial charge is 0.255 e. The van der Waals surface area contributed by atoms with E-state index in [1.54, 1.807) is 0 Å². The van der Waals surface area contributed by atoms with Crippen molar-refractivity contribution in [2.24, 2.45) is 17.6 Å². The van der Waals surface area contributed by atoms with E-state index in [1.807, 2.05) is 0 Å². The molecule has 3 aliphatic carbocycles. The van der Waals surface area contributed by atoms with Gasteiger partial charge in [0.2, 0.25) is 5.78 Å². The molecular formula is C25H30N2O8. The van der Waals surface area contributed by atoms with Gasteiger partial charge < -0.3 is 36.2 Å². The standard InChI is InChI=1S/C25H30N2O8/c1-3-4-5-27-10-12-8-15(28)18-14(21(12)35-2)7-11-6-13-9-16(29)19(24(26)33)23(32)25(13,34)22(31)17(11)20(18)30/h8,11,13,27-29,31,34H,3-7,9-10H2,1-2H3,(H2,26,33)/t11?,13-,25-/m0/s1. The molecule has 35 heavy (non-hydrogen) atoms. The van der Waals surface area contributed by atoms with Crippen molar-refractivity contribution in [2.75, 3.05) is 13.7 Å². The third kappa shape index (κ3) is 3.68. The average Bonchev–Trinajstić information content (AvgIpc) is 2.78. The van der Waals surface area contributed by atoms with Crippen molar-refractivity contribution in [3.8, 4) is 11.5 Å². The fourth-order valence-corrected chi connectivity index (χ4v) is 5.64. The van der Waals surface area contributed by atoms with Gasteiger partial charge in [-0.1, -0.05) is 13.3 Å². The quantitative estimate of drug-likeness (QED) is 0.246. The van der Waals surface area contributed by atoms with E-state index in [2.05, 4.69) is 12.2 Å². The number of amides is 1.